The molecule has 1 aromatic carbocycles. The lowest BCUT2D eigenvalue weighted by Gasteiger charge is -2.35. The van der Waals surface area contributed by atoms with Crippen LogP contribution >= 0.6 is 0 Å². The molecule has 1 amide bonds. The van der Waals surface area contributed by atoms with Gasteiger partial charge in [0, 0.05) is 62.3 Å². The summed E-state index contributed by atoms with van der Waals surface area (Å²) in [6.45, 7) is 12.6. The van der Waals surface area contributed by atoms with E-state index in [0.29, 0.717) is 17.3 Å². The molecule has 0 saturated carbocycles. The number of carbonyl (C=O) groups excluding carboxylic acids is 1. The highest BCUT2D eigenvalue weighted by Crippen LogP contribution is 2.18. The number of likely N-dealkylation sites (N-methyl/N-ethyl adjacent to an activating group) is 1. The largest absolute Gasteiger partial charge is 0.369 e. The van der Waals surface area contributed by atoms with Gasteiger partial charge in [0.05, 0.1) is 0 Å². The Labute approximate surface area is 184 Å². The molecule has 2 N–H and O–H groups in total. The van der Waals surface area contributed by atoms with Gasteiger partial charge in [0.25, 0.3) is 5.91 Å². The Kier molecular flexibility index (Phi) is 7.79. The van der Waals surface area contributed by atoms with E-state index < -0.39 is 0 Å². The molecular formula is C23H31N7O. The van der Waals surface area contributed by atoms with E-state index in [1.54, 1.807) is 6.20 Å². The molecule has 1 saturated heterocycles. The van der Waals surface area contributed by atoms with Crippen molar-refractivity contribution in [3.05, 3.63) is 47.4 Å². The molecule has 0 spiro atoms. The highest BCUT2D eigenvalue weighted by molar-refractivity contribution is 5.94. The molecule has 0 atom stereocenters. The number of rotatable bonds is 8. The second-order valence-corrected chi connectivity index (χ2v) is 8.10. The molecule has 1 fully saturated rings. The first kappa shape index (κ1) is 22.5. The molecule has 0 radical (unpaired) electrons. The van der Waals surface area contributed by atoms with Crippen molar-refractivity contribution >= 4 is 17.4 Å². The van der Waals surface area contributed by atoms with E-state index in [1.807, 2.05) is 30.3 Å². The third-order valence-electron chi connectivity index (χ3n) is 5.40. The van der Waals surface area contributed by atoms with E-state index in [2.05, 4.69) is 51.2 Å². The number of nitriles is 1. The minimum absolute atomic E-state index is 0.108. The fourth-order valence-electron chi connectivity index (χ4n) is 3.47. The fourth-order valence-corrected chi connectivity index (χ4v) is 3.47. The van der Waals surface area contributed by atoms with Gasteiger partial charge in [-0.25, -0.2) is 9.97 Å². The van der Waals surface area contributed by atoms with Crippen molar-refractivity contribution in [1.82, 2.24) is 20.2 Å². The summed E-state index contributed by atoms with van der Waals surface area (Å²) >= 11 is 0. The first-order chi connectivity index (χ1) is 15.0. The van der Waals surface area contributed by atoms with Crippen LogP contribution in [0.4, 0.5) is 11.5 Å². The highest BCUT2D eigenvalue weighted by Gasteiger charge is 2.16. The Balaban J connectivity index is 1.60. The molecule has 2 heterocycles. The zero-order valence-electron chi connectivity index (χ0n) is 18.6. The van der Waals surface area contributed by atoms with Crippen molar-refractivity contribution < 1.29 is 4.79 Å². The number of amides is 1. The van der Waals surface area contributed by atoms with Gasteiger partial charge in [0.15, 0.2) is 0 Å². The van der Waals surface area contributed by atoms with Crippen LogP contribution in [0.2, 0.25) is 0 Å². The molecule has 1 aromatic heterocycles. The molecule has 1 aliphatic heterocycles. The van der Waals surface area contributed by atoms with E-state index in [9.17, 15) is 4.79 Å². The summed E-state index contributed by atoms with van der Waals surface area (Å²) < 4.78 is 0. The molecule has 3 rings (SSSR count). The molecule has 0 aliphatic carbocycles. The Morgan fingerprint density at radius 1 is 1.19 bits per heavy atom. The van der Waals surface area contributed by atoms with Gasteiger partial charge in [-0.3, -0.25) is 4.79 Å². The molecule has 2 aromatic rings. The number of hydrogen-bond donors (Lipinski definition) is 2. The lowest BCUT2D eigenvalue weighted by molar-refractivity contribution is 0.0951. The summed E-state index contributed by atoms with van der Waals surface area (Å²) in [6.07, 6.45) is 1.59. The van der Waals surface area contributed by atoms with Crippen LogP contribution < -0.4 is 15.5 Å². The monoisotopic (exact) mass is 421 g/mol. The third-order valence-corrected chi connectivity index (χ3v) is 5.40. The van der Waals surface area contributed by atoms with E-state index >= 15 is 0 Å². The number of nitrogens with one attached hydrogen (secondary N) is 2. The summed E-state index contributed by atoms with van der Waals surface area (Å²) in [4.78, 5) is 25.7. The average molecular weight is 422 g/mol. The Bertz CT molecular complexity index is 913. The van der Waals surface area contributed by atoms with Crippen LogP contribution in [-0.4, -0.2) is 60.0 Å². The Hall–Kier alpha value is -3.18. The Morgan fingerprint density at radius 2 is 1.90 bits per heavy atom. The maximum absolute atomic E-state index is 12.6. The zero-order chi connectivity index (χ0) is 22.2. The molecule has 8 nitrogen and oxygen atoms in total. The van der Waals surface area contributed by atoms with Gasteiger partial charge in [-0.2, -0.15) is 5.26 Å². The van der Waals surface area contributed by atoms with E-state index in [0.717, 1.165) is 50.5 Å². The molecular weight excluding hydrogens is 390 g/mol. The second kappa shape index (κ2) is 10.7. The third kappa shape index (κ3) is 6.15. The molecule has 31 heavy (non-hydrogen) atoms. The molecule has 1 aliphatic rings. The normalized spacial score (nSPS) is 14.4. The summed E-state index contributed by atoms with van der Waals surface area (Å²) in [7, 11) is 0. The van der Waals surface area contributed by atoms with Crippen molar-refractivity contribution in [1.29, 1.82) is 5.26 Å². The van der Waals surface area contributed by atoms with Crippen LogP contribution in [0.25, 0.3) is 0 Å². The summed E-state index contributed by atoms with van der Waals surface area (Å²) in [6, 6.07) is 9.71. The number of carbonyl (C=O) groups is 1. The SMILES string of the molecule is CCN1CCN(c2ccc(C(=O)NCc3cnc(C#N)nc3NCC(C)C)cc2)CC1. The van der Waals surface area contributed by atoms with Crippen LogP contribution in [0.15, 0.2) is 30.5 Å². The summed E-state index contributed by atoms with van der Waals surface area (Å²) in [5, 5.41) is 15.2. The van der Waals surface area contributed by atoms with Crippen LogP contribution in [-0.2, 0) is 6.54 Å². The quantitative estimate of drug-likeness (QED) is 0.676. The number of anilines is 2. The predicted octanol–water partition coefficient (Wildman–Crippen LogP) is 2.49. The lowest BCUT2D eigenvalue weighted by atomic mass is 10.1. The van der Waals surface area contributed by atoms with Crippen molar-refractivity contribution in [3.63, 3.8) is 0 Å². The van der Waals surface area contributed by atoms with Crippen LogP contribution in [0.3, 0.4) is 0 Å². The number of aromatic nitrogens is 2. The predicted molar refractivity (Wildman–Crippen MR) is 122 cm³/mol. The van der Waals surface area contributed by atoms with Gasteiger partial charge in [0.1, 0.15) is 11.9 Å². The van der Waals surface area contributed by atoms with Gasteiger partial charge in [-0.05, 0) is 36.7 Å². The highest BCUT2D eigenvalue weighted by atomic mass is 16.1. The van der Waals surface area contributed by atoms with Crippen LogP contribution in [0, 0.1) is 17.2 Å². The standard InChI is InChI=1S/C23H31N7O/c1-4-29-9-11-30(12-10-29)20-7-5-18(6-8-20)23(31)27-16-19-15-25-21(13-24)28-22(19)26-14-17(2)3/h5-8,15,17H,4,9-12,14,16H2,1-3H3,(H,27,31)(H,25,26,28). The van der Waals surface area contributed by atoms with Gasteiger partial charge in [-0.1, -0.05) is 20.8 Å². The minimum atomic E-state index is -0.151. The van der Waals surface area contributed by atoms with E-state index in [-0.39, 0.29) is 18.3 Å². The average Bonchev–Trinajstić information content (AvgIpc) is 2.81. The molecule has 0 unspecified atom stereocenters. The van der Waals surface area contributed by atoms with Crippen molar-refractivity contribution in [2.24, 2.45) is 5.92 Å². The van der Waals surface area contributed by atoms with Crippen LogP contribution in [0.1, 0.15) is 42.5 Å². The van der Waals surface area contributed by atoms with Gasteiger partial charge >= 0.3 is 0 Å². The Morgan fingerprint density at radius 3 is 2.52 bits per heavy atom. The van der Waals surface area contributed by atoms with Gasteiger partial charge in [0.2, 0.25) is 5.82 Å². The zero-order valence-corrected chi connectivity index (χ0v) is 18.6. The lowest BCUT2D eigenvalue weighted by Crippen LogP contribution is -2.46. The maximum Gasteiger partial charge on any atom is 0.251 e. The maximum atomic E-state index is 12.6. The second-order valence-electron chi connectivity index (χ2n) is 8.10. The van der Waals surface area contributed by atoms with Crippen molar-refractivity contribution in [3.8, 4) is 6.07 Å². The number of benzene rings is 1. The van der Waals surface area contributed by atoms with Crippen molar-refractivity contribution in [2.75, 3.05) is 49.5 Å². The number of hydrogen-bond acceptors (Lipinski definition) is 7. The van der Waals surface area contributed by atoms with Crippen molar-refractivity contribution in [2.45, 2.75) is 27.3 Å². The van der Waals surface area contributed by atoms with Gasteiger partial charge < -0.3 is 20.4 Å². The van der Waals surface area contributed by atoms with Gasteiger partial charge in [-0.15, -0.1) is 0 Å². The first-order valence-electron chi connectivity index (χ1n) is 10.9. The van der Waals surface area contributed by atoms with E-state index in [4.69, 9.17) is 5.26 Å². The molecule has 8 heteroatoms. The smallest absolute Gasteiger partial charge is 0.251 e. The van der Waals surface area contributed by atoms with Crippen LogP contribution in [0.5, 0.6) is 0 Å². The summed E-state index contributed by atoms with van der Waals surface area (Å²) in [5.74, 6) is 0.965. The first-order valence-corrected chi connectivity index (χ1v) is 10.9. The summed E-state index contributed by atoms with van der Waals surface area (Å²) in [5.41, 5.74) is 2.51. The topological polar surface area (TPSA) is 97.2 Å². The van der Waals surface area contributed by atoms with E-state index in [1.165, 1.54) is 0 Å². The minimum Gasteiger partial charge on any atom is -0.369 e. The fraction of sp³-hybridized carbons (Fsp3) is 0.478. The number of piperazine rings is 1. The molecule has 164 valence electrons. The number of nitrogens with zero attached hydrogens (tertiary/aromatic N) is 5. The molecule has 0 bridgehead atoms.